The Labute approximate surface area is 229 Å². The highest BCUT2D eigenvalue weighted by molar-refractivity contribution is 6.30. The van der Waals surface area contributed by atoms with E-state index in [0.717, 1.165) is 16.7 Å². The molecule has 3 aromatic rings. The van der Waals surface area contributed by atoms with E-state index in [9.17, 15) is 9.59 Å². The van der Waals surface area contributed by atoms with Crippen LogP contribution in [0.5, 0.6) is 0 Å². The predicted octanol–water partition coefficient (Wildman–Crippen LogP) is 5.61. The maximum atomic E-state index is 12.5. The van der Waals surface area contributed by atoms with Crippen molar-refractivity contribution in [2.24, 2.45) is 0 Å². The number of carbonyl (C=O) groups excluding carboxylic acids is 2. The fraction of sp³-hybridized carbons (Fsp3) is 0.355. The van der Waals surface area contributed by atoms with Gasteiger partial charge in [-0.1, -0.05) is 84.4 Å². The molecule has 1 heterocycles. The highest BCUT2D eigenvalue weighted by atomic mass is 35.5. The van der Waals surface area contributed by atoms with Crippen molar-refractivity contribution in [2.45, 2.75) is 64.4 Å². The van der Waals surface area contributed by atoms with Crippen LogP contribution >= 0.6 is 11.6 Å². The van der Waals surface area contributed by atoms with Gasteiger partial charge in [-0.2, -0.15) is 0 Å². The lowest BCUT2D eigenvalue weighted by molar-refractivity contribution is -0.205. The van der Waals surface area contributed by atoms with Gasteiger partial charge in [0.2, 0.25) is 0 Å². The molecule has 0 spiro atoms. The van der Waals surface area contributed by atoms with Crippen LogP contribution < -0.4 is 0 Å². The van der Waals surface area contributed by atoms with Crippen molar-refractivity contribution in [1.82, 2.24) is 4.90 Å². The highest BCUT2D eigenvalue weighted by Crippen LogP contribution is 2.31. The molecule has 1 aliphatic heterocycles. The van der Waals surface area contributed by atoms with Crippen LogP contribution in [-0.4, -0.2) is 47.6 Å². The van der Waals surface area contributed by atoms with Crippen LogP contribution in [0, 0.1) is 0 Å². The van der Waals surface area contributed by atoms with Gasteiger partial charge in [0.1, 0.15) is 24.1 Å². The van der Waals surface area contributed by atoms with Gasteiger partial charge in [0.05, 0.1) is 13.2 Å². The quantitative estimate of drug-likeness (QED) is 0.298. The molecule has 1 unspecified atom stereocenters. The molecule has 200 valence electrons. The second kappa shape index (κ2) is 13.7. The third kappa shape index (κ3) is 7.98. The van der Waals surface area contributed by atoms with Crippen LogP contribution in [0.1, 0.15) is 37.0 Å². The van der Waals surface area contributed by atoms with Crippen LogP contribution in [-0.2, 0) is 43.6 Å². The fourth-order valence-corrected chi connectivity index (χ4v) is 5.04. The van der Waals surface area contributed by atoms with E-state index in [0.29, 0.717) is 31.3 Å². The summed E-state index contributed by atoms with van der Waals surface area (Å²) in [4.78, 5) is 26.8. The molecule has 38 heavy (non-hydrogen) atoms. The summed E-state index contributed by atoms with van der Waals surface area (Å²) < 4.78 is 18.8. The van der Waals surface area contributed by atoms with Gasteiger partial charge in [-0.15, -0.1) is 0 Å². The number of halogens is 1. The standard InChI is InChI=1S/C31H34ClNO5/c1-22(34)17-28-30(36-20-25-9-5-3-6-10-25)31(37-21-26-11-7-4-8-12-26)29(38-23(2)35)19-33(28)18-24-13-15-27(32)16-14-24/h3-16,28-31H,17-21H2,1-2H3/t28?,29-,30+,31-/m1/s1. The number of esters is 1. The van der Waals surface area contributed by atoms with Gasteiger partial charge >= 0.3 is 5.97 Å². The van der Waals surface area contributed by atoms with E-state index < -0.39 is 18.3 Å². The minimum absolute atomic E-state index is 0.0529. The average molecular weight is 536 g/mol. The number of piperidine rings is 1. The molecular formula is C31H34ClNO5. The minimum Gasteiger partial charge on any atom is -0.458 e. The smallest absolute Gasteiger partial charge is 0.303 e. The second-order valence-electron chi connectivity index (χ2n) is 9.70. The number of ether oxygens (including phenoxy) is 3. The van der Waals surface area contributed by atoms with Gasteiger partial charge < -0.3 is 14.2 Å². The number of benzene rings is 3. The van der Waals surface area contributed by atoms with Crippen LogP contribution in [0.15, 0.2) is 84.9 Å². The number of Topliss-reactive ketones (excluding diaryl/α,β-unsaturated/α-hetero) is 1. The maximum absolute atomic E-state index is 12.5. The van der Waals surface area contributed by atoms with Crippen molar-refractivity contribution in [3.63, 3.8) is 0 Å². The Kier molecular flexibility index (Phi) is 10.1. The summed E-state index contributed by atoms with van der Waals surface area (Å²) >= 11 is 6.11. The summed E-state index contributed by atoms with van der Waals surface area (Å²) in [5.74, 6) is -0.334. The topological polar surface area (TPSA) is 65.1 Å². The zero-order valence-corrected chi connectivity index (χ0v) is 22.6. The number of likely N-dealkylation sites (tertiary alicyclic amines) is 1. The van der Waals surface area contributed by atoms with Gasteiger partial charge in [-0.3, -0.25) is 14.5 Å². The maximum Gasteiger partial charge on any atom is 0.303 e. The van der Waals surface area contributed by atoms with Crippen LogP contribution in [0.3, 0.4) is 0 Å². The summed E-state index contributed by atoms with van der Waals surface area (Å²) in [6.07, 6.45) is -1.38. The number of ketones is 1. The Morgan fingerprint density at radius 2 is 1.34 bits per heavy atom. The normalized spacial score (nSPS) is 21.7. The number of rotatable bonds is 11. The monoisotopic (exact) mass is 535 g/mol. The molecule has 6 nitrogen and oxygen atoms in total. The minimum atomic E-state index is -0.576. The molecule has 1 saturated heterocycles. The number of nitrogens with zero attached hydrogens (tertiary/aromatic N) is 1. The molecule has 1 aliphatic rings. The SMILES string of the molecule is CC(=O)CC1[C@H](OCc2ccccc2)[C@H](OCc2ccccc2)[C@H](OC(C)=O)CN1Cc1ccc(Cl)cc1. The van der Waals surface area contributed by atoms with Gasteiger partial charge in [0.15, 0.2) is 0 Å². The summed E-state index contributed by atoms with van der Waals surface area (Å²) in [6, 6.07) is 27.1. The van der Waals surface area contributed by atoms with Gasteiger partial charge in [0, 0.05) is 37.5 Å². The Morgan fingerprint density at radius 1 is 0.789 bits per heavy atom. The van der Waals surface area contributed by atoms with Gasteiger partial charge in [-0.25, -0.2) is 0 Å². The Morgan fingerprint density at radius 3 is 1.87 bits per heavy atom. The summed E-state index contributed by atoms with van der Waals surface area (Å²) in [7, 11) is 0. The van der Waals surface area contributed by atoms with Crippen molar-refractivity contribution >= 4 is 23.4 Å². The molecule has 7 heteroatoms. The molecule has 0 aromatic heterocycles. The lowest BCUT2D eigenvalue weighted by Crippen LogP contribution is -2.63. The molecule has 0 saturated carbocycles. The lowest BCUT2D eigenvalue weighted by atomic mass is 9.89. The highest BCUT2D eigenvalue weighted by Gasteiger charge is 2.47. The van der Waals surface area contributed by atoms with Gasteiger partial charge in [0.25, 0.3) is 0 Å². The third-order valence-corrected chi connectivity index (χ3v) is 6.89. The lowest BCUT2D eigenvalue weighted by Gasteiger charge is -2.48. The van der Waals surface area contributed by atoms with Crippen LogP contribution in [0.4, 0.5) is 0 Å². The van der Waals surface area contributed by atoms with E-state index in [1.54, 1.807) is 6.92 Å². The van der Waals surface area contributed by atoms with Gasteiger partial charge in [-0.05, 0) is 35.7 Å². The van der Waals surface area contributed by atoms with E-state index in [2.05, 4.69) is 4.90 Å². The molecule has 4 atom stereocenters. The number of hydrogen-bond donors (Lipinski definition) is 0. The van der Waals surface area contributed by atoms with Crippen molar-refractivity contribution in [3.8, 4) is 0 Å². The van der Waals surface area contributed by atoms with Crippen molar-refractivity contribution in [1.29, 1.82) is 0 Å². The van der Waals surface area contributed by atoms with E-state index in [1.807, 2.05) is 84.9 Å². The molecule has 0 bridgehead atoms. The average Bonchev–Trinajstić information content (AvgIpc) is 2.90. The van der Waals surface area contributed by atoms with Crippen LogP contribution in [0.25, 0.3) is 0 Å². The molecule has 4 rings (SSSR count). The van der Waals surface area contributed by atoms with Crippen molar-refractivity contribution in [2.75, 3.05) is 6.54 Å². The van der Waals surface area contributed by atoms with E-state index in [1.165, 1.54) is 6.92 Å². The predicted molar refractivity (Wildman–Crippen MR) is 147 cm³/mol. The second-order valence-corrected chi connectivity index (χ2v) is 10.1. The first-order valence-corrected chi connectivity index (χ1v) is 13.2. The molecule has 0 N–H and O–H groups in total. The van der Waals surface area contributed by atoms with Crippen LogP contribution in [0.2, 0.25) is 5.02 Å². The molecule has 0 radical (unpaired) electrons. The molecule has 0 amide bonds. The molecule has 1 fully saturated rings. The Bertz CT molecular complexity index is 1170. The number of carbonyl (C=O) groups is 2. The first-order valence-electron chi connectivity index (χ1n) is 12.8. The summed E-state index contributed by atoms with van der Waals surface area (Å²) in [5.41, 5.74) is 3.05. The largest absolute Gasteiger partial charge is 0.458 e. The Hall–Kier alpha value is -3.03. The molecular weight excluding hydrogens is 502 g/mol. The van der Waals surface area contributed by atoms with Crippen molar-refractivity contribution in [3.05, 3.63) is 107 Å². The van der Waals surface area contributed by atoms with E-state index >= 15 is 0 Å². The summed E-state index contributed by atoms with van der Waals surface area (Å²) in [6.45, 7) is 4.62. The van der Waals surface area contributed by atoms with E-state index in [4.69, 9.17) is 25.8 Å². The zero-order valence-electron chi connectivity index (χ0n) is 21.8. The summed E-state index contributed by atoms with van der Waals surface area (Å²) in [5, 5.41) is 0.656. The van der Waals surface area contributed by atoms with Crippen molar-refractivity contribution < 1.29 is 23.8 Å². The fourth-order valence-electron chi connectivity index (χ4n) is 4.91. The third-order valence-electron chi connectivity index (χ3n) is 6.64. The number of hydrogen-bond acceptors (Lipinski definition) is 6. The van der Waals surface area contributed by atoms with E-state index in [-0.39, 0.29) is 24.2 Å². The first kappa shape index (κ1) is 28.0. The Balaban J connectivity index is 1.66. The molecule has 0 aliphatic carbocycles. The first-order chi connectivity index (χ1) is 18.4. The molecule has 3 aromatic carbocycles. The zero-order chi connectivity index (χ0) is 26.9.